The zero-order chi connectivity index (χ0) is 12.8. The van der Waals surface area contributed by atoms with Gasteiger partial charge in [0, 0.05) is 23.3 Å². The molecule has 0 saturated carbocycles. The smallest absolute Gasteiger partial charge is 0.376 e. The summed E-state index contributed by atoms with van der Waals surface area (Å²) in [5.41, 5.74) is 0.353. The molecule has 0 fully saturated rings. The third-order valence-corrected chi connectivity index (χ3v) is 2.61. The number of nitrogens with zero attached hydrogens (tertiary/aromatic N) is 2. The maximum Gasteiger partial charge on any atom is 0.376 e. The molecule has 94 valence electrons. The molecular weight excluding hydrogens is 292 g/mol. The number of esters is 1. The van der Waals surface area contributed by atoms with Crippen LogP contribution >= 0.6 is 15.9 Å². The molecule has 2 unspecified atom stereocenters. The molecule has 7 heteroatoms. The van der Waals surface area contributed by atoms with Crippen molar-refractivity contribution in [1.29, 1.82) is 0 Å². The van der Waals surface area contributed by atoms with Crippen molar-refractivity contribution in [2.75, 3.05) is 12.4 Å². The molecule has 2 atom stereocenters. The Balaban J connectivity index is 2.76. The highest BCUT2D eigenvalue weighted by molar-refractivity contribution is 9.09. The van der Waals surface area contributed by atoms with Gasteiger partial charge in [0.2, 0.25) is 5.82 Å². The van der Waals surface area contributed by atoms with Gasteiger partial charge >= 0.3 is 5.97 Å². The second-order valence-corrected chi connectivity index (χ2v) is 4.11. The van der Waals surface area contributed by atoms with E-state index in [-0.39, 0.29) is 5.82 Å². The minimum atomic E-state index is -1.07. The van der Waals surface area contributed by atoms with Crippen molar-refractivity contribution < 1.29 is 19.7 Å². The van der Waals surface area contributed by atoms with Crippen molar-refractivity contribution in [2.45, 2.75) is 18.6 Å². The summed E-state index contributed by atoms with van der Waals surface area (Å²) in [5.74, 6) is -0.731. The van der Waals surface area contributed by atoms with Crippen LogP contribution in [0.5, 0.6) is 0 Å². The molecule has 6 nitrogen and oxygen atoms in total. The van der Waals surface area contributed by atoms with Crippen LogP contribution in [0.4, 0.5) is 0 Å². The van der Waals surface area contributed by atoms with E-state index < -0.39 is 18.2 Å². The Morgan fingerprint density at radius 3 is 2.53 bits per heavy atom. The van der Waals surface area contributed by atoms with Gasteiger partial charge in [0.05, 0.1) is 13.2 Å². The van der Waals surface area contributed by atoms with Crippen LogP contribution in [0.25, 0.3) is 0 Å². The van der Waals surface area contributed by atoms with E-state index in [1.165, 1.54) is 19.5 Å². The highest BCUT2D eigenvalue weighted by Crippen LogP contribution is 2.18. The molecule has 0 aliphatic rings. The van der Waals surface area contributed by atoms with Crippen molar-refractivity contribution in [1.82, 2.24) is 9.97 Å². The SMILES string of the molecule is COC(=O)c1ncc(C(O)C(O)CCBr)cn1. The monoisotopic (exact) mass is 304 g/mol. The zero-order valence-electron chi connectivity index (χ0n) is 9.21. The van der Waals surface area contributed by atoms with Gasteiger partial charge in [-0.3, -0.25) is 0 Å². The summed E-state index contributed by atoms with van der Waals surface area (Å²) in [6.45, 7) is 0. The van der Waals surface area contributed by atoms with Crippen LogP contribution in [0.2, 0.25) is 0 Å². The van der Waals surface area contributed by atoms with Crippen molar-refractivity contribution in [2.24, 2.45) is 0 Å². The fourth-order valence-corrected chi connectivity index (χ4v) is 1.65. The second-order valence-electron chi connectivity index (χ2n) is 3.32. The molecule has 0 aromatic carbocycles. The Labute approximate surface area is 107 Å². The summed E-state index contributed by atoms with van der Waals surface area (Å²) in [7, 11) is 1.23. The first-order valence-corrected chi connectivity index (χ1v) is 6.04. The second kappa shape index (κ2) is 6.63. The standard InChI is InChI=1S/C10H13BrN2O4/c1-17-10(16)9-12-4-6(5-13-9)8(15)7(14)2-3-11/h4-5,7-8,14-15H,2-3H2,1H3. The van der Waals surface area contributed by atoms with Gasteiger partial charge in [0.15, 0.2) is 0 Å². The molecule has 1 aromatic rings. The molecule has 0 saturated heterocycles. The molecular formula is C10H13BrN2O4. The average molecular weight is 305 g/mol. The molecule has 0 spiro atoms. The Morgan fingerprint density at radius 2 is 2.06 bits per heavy atom. The summed E-state index contributed by atoms with van der Waals surface area (Å²) in [6.07, 6.45) is 1.02. The number of aromatic nitrogens is 2. The number of hydrogen-bond acceptors (Lipinski definition) is 6. The molecule has 2 N–H and O–H groups in total. The van der Waals surface area contributed by atoms with Crippen molar-refractivity contribution in [3.8, 4) is 0 Å². The Kier molecular flexibility index (Phi) is 5.46. The van der Waals surface area contributed by atoms with Crippen molar-refractivity contribution >= 4 is 21.9 Å². The Bertz CT molecular complexity index is 371. The molecule has 0 radical (unpaired) electrons. The number of halogens is 1. The van der Waals surface area contributed by atoms with Gasteiger partial charge in [-0.15, -0.1) is 0 Å². The van der Waals surface area contributed by atoms with Crippen LogP contribution in [0.3, 0.4) is 0 Å². The van der Waals surface area contributed by atoms with E-state index >= 15 is 0 Å². The topological polar surface area (TPSA) is 92.5 Å². The number of rotatable bonds is 5. The van der Waals surface area contributed by atoms with E-state index in [0.29, 0.717) is 17.3 Å². The Morgan fingerprint density at radius 1 is 1.47 bits per heavy atom. The van der Waals surface area contributed by atoms with E-state index in [9.17, 15) is 15.0 Å². The number of carbonyl (C=O) groups is 1. The normalized spacial score (nSPS) is 14.1. The highest BCUT2D eigenvalue weighted by Gasteiger charge is 2.19. The van der Waals surface area contributed by atoms with Crippen LogP contribution in [-0.2, 0) is 4.74 Å². The minimum Gasteiger partial charge on any atom is -0.463 e. The molecule has 1 heterocycles. The minimum absolute atomic E-state index is 0.0848. The summed E-state index contributed by atoms with van der Waals surface area (Å²) in [6, 6.07) is 0. The lowest BCUT2D eigenvalue weighted by atomic mass is 10.1. The van der Waals surface area contributed by atoms with Gasteiger partial charge in [-0.2, -0.15) is 0 Å². The zero-order valence-corrected chi connectivity index (χ0v) is 10.8. The number of alkyl halides is 1. The van der Waals surface area contributed by atoms with E-state index in [2.05, 4.69) is 30.6 Å². The molecule has 0 aliphatic heterocycles. The van der Waals surface area contributed by atoms with Gasteiger partial charge in [-0.25, -0.2) is 14.8 Å². The van der Waals surface area contributed by atoms with E-state index in [0.717, 1.165) is 0 Å². The molecule has 0 bridgehead atoms. The summed E-state index contributed by atoms with van der Waals surface area (Å²) < 4.78 is 4.44. The van der Waals surface area contributed by atoms with Gasteiger partial charge in [-0.1, -0.05) is 15.9 Å². The highest BCUT2D eigenvalue weighted by atomic mass is 79.9. The van der Waals surface area contributed by atoms with Crippen molar-refractivity contribution in [3.05, 3.63) is 23.8 Å². The average Bonchev–Trinajstić information content (AvgIpc) is 2.37. The lowest BCUT2D eigenvalue weighted by Gasteiger charge is -2.16. The number of aliphatic hydroxyl groups is 2. The van der Waals surface area contributed by atoms with E-state index in [4.69, 9.17) is 0 Å². The molecule has 17 heavy (non-hydrogen) atoms. The maximum absolute atomic E-state index is 11.1. The van der Waals surface area contributed by atoms with E-state index in [1.54, 1.807) is 0 Å². The Hall–Kier alpha value is -1.05. The van der Waals surface area contributed by atoms with Crippen LogP contribution in [-0.4, -0.2) is 44.7 Å². The number of hydrogen-bond donors (Lipinski definition) is 2. The number of ether oxygens (including phenoxy) is 1. The molecule has 0 amide bonds. The molecule has 1 rings (SSSR count). The van der Waals surface area contributed by atoms with Gasteiger partial charge in [0.1, 0.15) is 6.10 Å². The lowest BCUT2D eigenvalue weighted by Crippen LogP contribution is -2.19. The first-order chi connectivity index (χ1) is 8.10. The number of aliphatic hydroxyl groups excluding tert-OH is 2. The predicted molar refractivity (Wildman–Crippen MR) is 62.7 cm³/mol. The van der Waals surface area contributed by atoms with Gasteiger partial charge in [0.25, 0.3) is 0 Å². The summed E-state index contributed by atoms with van der Waals surface area (Å²) in [5, 5.41) is 19.9. The first kappa shape index (κ1) is 14.0. The lowest BCUT2D eigenvalue weighted by molar-refractivity contribution is 0.0169. The van der Waals surface area contributed by atoms with E-state index in [1.807, 2.05) is 0 Å². The number of carbonyl (C=O) groups excluding carboxylic acids is 1. The number of methoxy groups -OCH3 is 1. The first-order valence-electron chi connectivity index (χ1n) is 4.92. The molecule has 1 aromatic heterocycles. The van der Waals surface area contributed by atoms with Crippen LogP contribution in [0.1, 0.15) is 28.7 Å². The summed E-state index contributed by atoms with van der Waals surface area (Å²) in [4.78, 5) is 18.6. The fraction of sp³-hybridized carbons (Fsp3) is 0.500. The van der Waals surface area contributed by atoms with Crippen LogP contribution < -0.4 is 0 Å². The largest absolute Gasteiger partial charge is 0.463 e. The predicted octanol–water partition coefficient (Wildman–Crippen LogP) is 0.443. The van der Waals surface area contributed by atoms with Gasteiger partial charge in [-0.05, 0) is 6.42 Å². The third-order valence-electron chi connectivity index (χ3n) is 2.15. The fourth-order valence-electron chi connectivity index (χ4n) is 1.18. The van der Waals surface area contributed by atoms with Crippen LogP contribution in [0, 0.1) is 0 Å². The maximum atomic E-state index is 11.1. The van der Waals surface area contributed by atoms with Gasteiger partial charge < -0.3 is 14.9 Å². The van der Waals surface area contributed by atoms with Crippen LogP contribution in [0.15, 0.2) is 12.4 Å². The van der Waals surface area contributed by atoms with Crippen molar-refractivity contribution in [3.63, 3.8) is 0 Å². The molecule has 0 aliphatic carbocycles. The quantitative estimate of drug-likeness (QED) is 0.606. The summed E-state index contributed by atoms with van der Waals surface area (Å²) >= 11 is 3.17. The third kappa shape index (κ3) is 3.72.